The lowest BCUT2D eigenvalue weighted by molar-refractivity contribution is -0.141. The molecule has 96 valence electrons. The summed E-state index contributed by atoms with van der Waals surface area (Å²) in [4.78, 5) is 11.3. The summed E-state index contributed by atoms with van der Waals surface area (Å²) in [6.07, 6.45) is -3.01. The van der Waals surface area contributed by atoms with Crippen molar-refractivity contribution in [1.29, 1.82) is 0 Å². The smallest absolute Gasteiger partial charge is 0.317 e. The van der Waals surface area contributed by atoms with Crippen LogP contribution in [-0.2, 0) is 6.54 Å². The molecule has 17 heavy (non-hydrogen) atoms. The van der Waals surface area contributed by atoms with Crippen molar-refractivity contribution in [2.75, 3.05) is 13.1 Å². The van der Waals surface area contributed by atoms with Crippen molar-refractivity contribution in [1.82, 2.24) is 20.1 Å². The number of aromatic amines is 1. The standard InChI is InChI=1S/C9H13F3N4O/c10-9(11,12)5-16-7(14-15-8(16)17)6-1-3-13-4-2-6/h6,13H,1-5H2,(H,15,17). The molecule has 0 spiro atoms. The molecule has 1 aliphatic heterocycles. The van der Waals surface area contributed by atoms with Gasteiger partial charge in [-0.2, -0.15) is 18.3 Å². The van der Waals surface area contributed by atoms with Gasteiger partial charge < -0.3 is 5.32 Å². The van der Waals surface area contributed by atoms with Crippen molar-refractivity contribution in [3.8, 4) is 0 Å². The molecule has 1 aliphatic rings. The van der Waals surface area contributed by atoms with E-state index < -0.39 is 18.4 Å². The molecule has 1 aromatic heterocycles. The summed E-state index contributed by atoms with van der Waals surface area (Å²) in [6.45, 7) is 0.192. The third kappa shape index (κ3) is 2.87. The Morgan fingerprint density at radius 2 is 2.00 bits per heavy atom. The zero-order chi connectivity index (χ0) is 12.5. The molecule has 0 bridgehead atoms. The van der Waals surface area contributed by atoms with Crippen molar-refractivity contribution in [3.63, 3.8) is 0 Å². The second-order valence-electron chi connectivity index (χ2n) is 4.11. The van der Waals surface area contributed by atoms with Crippen LogP contribution in [0, 0.1) is 0 Å². The molecular formula is C9H13F3N4O. The summed E-state index contributed by atoms with van der Waals surface area (Å²) in [5.41, 5.74) is -0.796. The van der Waals surface area contributed by atoms with Gasteiger partial charge >= 0.3 is 11.9 Å². The molecule has 1 fully saturated rings. The largest absolute Gasteiger partial charge is 0.406 e. The Labute approximate surface area is 95.0 Å². The van der Waals surface area contributed by atoms with Crippen molar-refractivity contribution in [2.45, 2.75) is 31.5 Å². The average Bonchev–Trinajstić information content (AvgIpc) is 2.60. The van der Waals surface area contributed by atoms with E-state index in [1.807, 2.05) is 0 Å². The topological polar surface area (TPSA) is 62.7 Å². The molecule has 2 rings (SSSR count). The van der Waals surface area contributed by atoms with E-state index in [1.165, 1.54) is 0 Å². The number of nitrogens with zero attached hydrogens (tertiary/aromatic N) is 2. The van der Waals surface area contributed by atoms with Gasteiger partial charge in [0.15, 0.2) is 0 Å². The van der Waals surface area contributed by atoms with E-state index in [2.05, 4.69) is 15.5 Å². The van der Waals surface area contributed by atoms with Crippen LogP contribution >= 0.6 is 0 Å². The van der Waals surface area contributed by atoms with Gasteiger partial charge in [-0.3, -0.25) is 4.57 Å². The Kier molecular flexibility index (Phi) is 3.23. The molecule has 0 atom stereocenters. The van der Waals surface area contributed by atoms with Crippen molar-refractivity contribution in [2.24, 2.45) is 0 Å². The number of rotatable bonds is 2. The molecule has 0 amide bonds. The third-order valence-corrected chi connectivity index (χ3v) is 2.83. The Bertz CT molecular complexity index is 430. The minimum Gasteiger partial charge on any atom is -0.317 e. The van der Waals surface area contributed by atoms with Crippen LogP contribution in [0.25, 0.3) is 0 Å². The highest BCUT2D eigenvalue weighted by atomic mass is 19.4. The molecule has 0 radical (unpaired) electrons. The van der Waals surface area contributed by atoms with Crippen LogP contribution in [0.1, 0.15) is 24.6 Å². The first-order valence-corrected chi connectivity index (χ1v) is 5.40. The van der Waals surface area contributed by atoms with Gasteiger partial charge in [0.25, 0.3) is 0 Å². The predicted octanol–water partition coefficient (Wildman–Crippen LogP) is 0.601. The van der Waals surface area contributed by atoms with Crippen LogP contribution in [0.3, 0.4) is 0 Å². The van der Waals surface area contributed by atoms with Crippen molar-refractivity contribution in [3.05, 3.63) is 16.3 Å². The second-order valence-corrected chi connectivity index (χ2v) is 4.11. The van der Waals surface area contributed by atoms with E-state index in [0.717, 1.165) is 13.1 Å². The van der Waals surface area contributed by atoms with Crippen LogP contribution in [0.5, 0.6) is 0 Å². The fourth-order valence-electron chi connectivity index (χ4n) is 2.05. The highest BCUT2D eigenvalue weighted by Gasteiger charge is 2.32. The monoisotopic (exact) mass is 250 g/mol. The zero-order valence-corrected chi connectivity index (χ0v) is 9.05. The molecule has 8 heteroatoms. The first-order chi connectivity index (χ1) is 7.97. The summed E-state index contributed by atoms with van der Waals surface area (Å²) < 4.78 is 37.7. The molecule has 1 saturated heterocycles. The summed E-state index contributed by atoms with van der Waals surface area (Å²) in [5.74, 6) is 0.131. The first kappa shape index (κ1) is 12.2. The molecule has 2 N–H and O–H groups in total. The minimum atomic E-state index is -4.41. The maximum atomic E-state index is 12.3. The molecule has 0 aliphatic carbocycles. The van der Waals surface area contributed by atoms with Gasteiger partial charge in [0.1, 0.15) is 12.4 Å². The lowest BCUT2D eigenvalue weighted by Crippen LogP contribution is -2.32. The molecule has 0 aromatic carbocycles. The Morgan fingerprint density at radius 1 is 1.35 bits per heavy atom. The van der Waals surface area contributed by atoms with Crippen LogP contribution < -0.4 is 11.0 Å². The van der Waals surface area contributed by atoms with Gasteiger partial charge in [0.05, 0.1) is 0 Å². The number of piperidine rings is 1. The van der Waals surface area contributed by atoms with E-state index in [1.54, 1.807) is 0 Å². The van der Waals surface area contributed by atoms with E-state index in [0.29, 0.717) is 17.4 Å². The predicted molar refractivity (Wildman–Crippen MR) is 53.7 cm³/mol. The number of alkyl halides is 3. The normalized spacial score (nSPS) is 18.5. The lowest BCUT2D eigenvalue weighted by atomic mass is 9.97. The van der Waals surface area contributed by atoms with Gasteiger partial charge in [0, 0.05) is 5.92 Å². The van der Waals surface area contributed by atoms with Gasteiger partial charge in [-0.05, 0) is 25.9 Å². The maximum absolute atomic E-state index is 12.3. The summed E-state index contributed by atoms with van der Waals surface area (Å²) in [7, 11) is 0. The van der Waals surface area contributed by atoms with Gasteiger partial charge in [-0.25, -0.2) is 9.89 Å². The van der Waals surface area contributed by atoms with E-state index in [9.17, 15) is 18.0 Å². The zero-order valence-electron chi connectivity index (χ0n) is 9.05. The number of halogens is 3. The molecule has 0 saturated carbocycles. The van der Waals surface area contributed by atoms with Crippen LogP contribution in [-0.4, -0.2) is 34.0 Å². The fourth-order valence-corrected chi connectivity index (χ4v) is 2.05. The minimum absolute atomic E-state index is 0.0856. The SMILES string of the molecule is O=c1[nH]nc(C2CCNCC2)n1CC(F)(F)F. The Hall–Kier alpha value is -1.31. The van der Waals surface area contributed by atoms with Gasteiger partial charge in [0.2, 0.25) is 0 Å². The molecular weight excluding hydrogens is 237 g/mol. The first-order valence-electron chi connectivity index (χ1n) is 5.40. The molecule has 2 heterocycles. The number of aromatic nitrogens is 3. The lowest BCUT2D eigenvalue weighted by Gasteiger charge is -2.22. The van der Waals surface area contributed by atoms with Crippen LogP contribution in [0.15, 0.2) is 4.79 Å². The quantitative estimate of drug-likeness (QED) is 0.808. The second kappa shape index (κ2) is 4.52. The number of hydrogen-bond donors (Lipinski definition) is 2. The Morgan fingerprint density at radius 3 is 2.59 bits per heavy atom. The average molecular weight is 250 g/mol. The van der Waals surface area contributed by atoms with Gasteiger partial charge in [-0.1, -0.05) is 0 Å². The Balaban J connectivity index is 2.25. The molecule has 5 nitrogen and oxygen atoms in total. The fraction of sp³-hybridized carbons (Fsp3) is 0.778. The van der Waals surface area contributed by atoms with Crippen LogP contribution in [0.4, 0.5) is 13.2 Å². The highest BCUT2D eigenvalue weighted by Crippen LogP contribution is 2.24. The number of H-pyrrole nitrogens is 1. The maximum Gasteiger partial charge on any atom is 0.406 e. The highest BCUT2D eigenvalue weighted by molar-refractivity contribution is 4.99. The van der Waals surface area contributed by atoms with Crippen LogP contribution in [0.2, 0.25) is 0 Å². The van der Waals surface area contributed by atoms with E-state index >= 15 is 0 Å². The summed E-state index contributed by atoms with van der Waals surface area (Å²) >= 11 is 0. The number of nitrogens with one attached hydrogen (secondary N) is 2. The summed E-state index contributed by atoms with van der Waals surface area (Å²) in [5, 5.41) is 8.93. The van der Waals surface area contributed by atoms with Gasteiger partial charge in [-0.15, -0.1) is 0 Å². The molecule has 0 unspecified atom stereocenters. The van der Waals surface area contributed by atoms with E-state index in [-0.39, 0.29) is 11.7 Å². The van der Waals surface area contributed by atoms with Crippen molar-refractivity contribution >= 4 is 0 Å². The third-order valence-electron chi connectivity index (χ3n) is 2.83. The summed E-state index contributed by atoms with van der Waals surface area (Å²) in [6, 6.07) is 0. The number of hydrogen-bond acceptors (Lipinski definition) is 3. The van der Waals surface area contributed by atoms with Crippen molar-refractivity contribution < 1.29 is 13.2 Å². The van der Waals surface area contributed by atoms with E-state index in [4.69, 9.17) is 0 Å². The molecule has 1 aromatic rings.